The second kappa shape index (κ2) is 7.04. The van der Waals surface area contributed by atoms with E-state index in [0.717, 1.165) is 36.9 Å². The average molecular weight is 311 g/mol. The molecule has 1 fully saturated rings. The lowest BCUT2D eigenvalue weighted by Gasteiger charge is -2.21. The molecule has 2 rings (SSSR count). The molecule has 0 unspecified atom stereocenters. The molecule has 20 heavy (non-hydrogen) atoms. The maximum atomic E-state index is 12.1. The number of rotatable bonds is 2. The Morgan fingerprint density at radius 1 is 1.30 bits per heavy atom. The minimum Gasteiger partial charge on any atom is -0.332 e. The van der Waals surface area contributed by atoms with Crippen molar-refractivity contribution < 1.29 is 4.79 Å². The Bertz CT molecular complexity index is 513. The van der Waals surface area contributed by atoms with Crippen LogP contribution in [-0.4, -0.2) is 11.0 Å². The number of carbonyl (C=O) groups excluding carboxylic acids is 1. The van der Waals surface area contributed by atoms with Gasteiger partial charge in [0.25, 0.3) is 0 Å². The van der Waals surface area contributed by atoms with Crippen molar-refractivity contribution >= 4 is 40.5 Å². The van der Waals surface area contributed by atoms with Crippen molar-refractivity contribution in [2.24, 2.45) is 5.92 Å². The zero-order valence-electron chi connectivity index (χ0n) is 11.5. The van der Waals surface area contributed by atoms with Crippen LogP contribution in [0.25, 0.3) is 0 Å². The smallest absolute Gasteiger partial charge is 0.229 e. The predicted octanol–water partition coefficient (Wildman–Crippen LogP) is 4.04. The fourth-order valence-electron chi connectivity index (χ4n) is 2.41. The van der Waals surface area contributed by atoms with Gasteiger partial charge in [-0.05, 0) is 49.7 Å². The first-order chi connectivity index (χ1) is 9.56. The van der Waals surface area contributed by atoms with Crippen LogP contribution in [0, 0.1) is 12.8 Å². The van der Waals surface area contributed by atoms with Gasteiger partial charge < -0.3 is 10.6 Å². The van der Waals surface area contributed by atoms with Crippen molar-refractivity contribution in [2.75, 3.05) is 5.32 Å². The number of benzene rings is 1. The summed E-state index contributed by atoms with van der Waals surface area (Å²) in [6, 6.07) is 5.60. The van der Waals surface area contributed by atoms with Crippen LogP contribution in [0.3, 0.4) is 0 Å². The SMILES string of the molecule is Cc1ccc(NC(=S)NC(=O)C2CCCCC2)cc1Cl. The van der Waals surface area contributed by atoms with E-state index in [0.29, 0.717) is 10.1 Å². The zero-order chi connectivity index (χ0) is 14.5. The van der Waals surface area contributed by atoms with Gasteiger partial charge in [0.05, 0.1) is 0 Å². The van der Waals surface area contributed by atoms with Gasteiger partial charge in [-0.1, -0.05) is 36.9 Å². The molecular formula is C15H19ClN2OS. The lowest BCUT2D eigenvalue weighted by atomic mass is 9.89. The molecule has 0 heterocycles. The Labute approximate surface area is 130 Å². The molecule has 0 spiro atoms. The molecule has 2 N–H and O–H groups in total. The van der Waals surface area contributed by atoms with Crippen LogP contribution in [0.15, 0.2) is 18.2 Å². The summed E-state index contributed by atoms with van der Waals surface area (Å²) in [5.74, 6) is 0.130. The number of hydrogen-bond acceptors (Lipinski definition) is 2. The number of carbonyl (C=O) groups is 1. The summed E-state index contributed by atoms with van der Waals surface area (Å²) >= 11 is 11.2. The van der Waals surface area contributed by atoms with E-state index in [2.05, 4.69) is 10.6 Å². The van der Waals surface area contributed by atoms with E-state index in [1.807, 2.05) is 19.1 Å². The summed E-state index contributed by atoms with van der Waals surface area (Å²) in [6.07, 6.45) is 5.42. The number of aryl methyl sites for hydroxylation is 1. The van der Waals surface area contributed by atoms with E-state index < -0.39 is 0 Å². The summed E-state index contributed by atoms with van der Waals surface area (Å²) in [5.41, 5.74) is 1.80. The van der Waals surface area contributed by atoms with Gasteiger partial charge in [0, 0.05) is 16.6 Å². The molecule has 5 heteroatoms. The molecule has 1 saturated carbocycles. The number of thiocarbonyl (C=S) groups is 1. The molecule has 1 aliphatic carbocycles. The van der Waals surface area contributed by atoms with Gasteiger partial charge in [-0.25, -0.2) is 0 Å². The third kappa shape index (κ3) is 4.18. The third-order valence-corrected chi connectivity index (χ3v) is 4.25. The highest BCUT2D eigenvalue weighted by molar-refractivity contribution is 7.80. The van der Waals surface area contributed by atoms with Gasteiger partial charge in [-0.3, -0.25) is 4.79 Å². The topological polar surface area (TPSA) is 41.1 Å². The molecule has 1 amide bonds. The first-order valence-corrected chi connectivity index (χ1v) is 7.73. The molecule has 0 aliphatic heterocycles. The lowest BCUT2D eigenvalue weighted by Crippen LogP contribution is -2.38. The summed E-state index contributed by atoms with van der Waals surface area (Å²) in [4.78, 5) is 12.1. The Morgan fingerprint density at radius 3 is 2.65 bits per heavy atom. The first kappa shape index (κ1) is 15.3. The minimum atomic E-state index is 0.0282. The molecular weight excluding hydrogens is 292 g/mol. The van der Waals surface area contributed by atoms with Crippen molar-refractivity contribution in [3.8, 4) is 0 Å². The monoisotopic (exact) mass is 310 g/mol. The fourth-order valence-corrected chi connectivity index (χ4v) is 2.81. The van der Waals surface area contributed by atoms with E-state index in [-0.39, 0.29) is 11.8 Å². The largest absolute Gasteiger partial charge is 0.332 e. The van der Waals surface area contributed by atoms with Gasteiger partial charge in [0.1, 0.15) is 0 Å². The van der Waals surface area contributed by atoms with Gasteiger partial charge in [0.2, 0.25) is 5.91 Å². The summed E-state index contributed by atoms with van der Waals surface area (Å²) in [7, 11) is 0. The maximum absolute atomic E-state index is 12.1. The van der Waals surface area contributed by atoms with Crippen LogP contribution in [0.1, 0.15) is 37.7 Å². The first-order valence-electron chi connectivity index (χ1n) is 6.94. The molecule has 1 aromatic rings. The molecule has 1 aromatic carbocycles. The minimum absolute atomic E-state index is 0.0282. The quantitative estimate of drug-likeness (QED) is 0.810. The van der Waals surface area contributed by atoms with Gasteiger partial charge >= 0.3 is 0 Å². The van der Waals surface area contributed by atoms with E-state index in [9.17, 15) is 4.79 Å². The summed E-state index contributed by atoms with van der Waals surface area (Å²) < 4.78 is 0. The summed E-state index contributed by atoms with van der Waals surface area (Å²) in [5, 5.41) is 6.78. The maximum Gasteiger partial charge on any atom is 0.229 e. The van der Waals surface area contributed by atoms with Crippen molar-refractivity contribution in [1.29, 1.82) is 0 Å². The van der Waals surface area contributed by atoms with E-state index in [1.54, 1.807) is 6.07 Å². The third-order valence-electron chi connectivity index (χ3n) is 3.64. The number of amides is 1. The van der Waals surface area contributed by atoms with Gasteiger partial charge in [0.15, 0.2) is 5.11 Å². The second-order valence-corrected chi connectivity index (χ2v) is 6.06. The molecule has 3 nitrogen and oxygen atoms in total. The van der Waals surface area contributed by atoms with Crippen molar-refractivity contribution in [3.05, 3.63) is 28.8 Å². The molecule has 108 valence electrons. The van der Waals surface area contributed by atoms with Gasteiger partial charge in [-0.2, -0.15) is 0 Å². The number of halogens is 1. The highest BCUT2D eigenvalue weighted by Gasteiger charge is 2.21. The highest BCUT2D eigenvalue weighted by atomic mass is 35.5. The second-order valence-electron chi connectivity index (χ2n) is 5.24. The van der Waals surface area contributed by atoms with Crippen molar-refractivity contribution in [2.45, 2.75) is 39.0 Å². The molecule has 0 radical (unpaired) electrons. The van der Waals surface area contributed by atoms with Crippen LogP contribution < -0.4 is 10.6 Å². The Morgan fingerprint density at radius 2 is 2.00 bits per heavy atom. The zero-order valence-corrected chi connectivity index (χ0v) is 13.1. The molecule has 0 saturated heterocycles. The van der Waals surface area contributed by atoms with E-state index in [4.69, 9.17) is 23.8 Å². The highest BCUT2D eigenvalue weighted by Crippen LogP contribution is 2.24. The molecule has 1 aliphatic rings. The number of nitrogens with one attached hydrogen (secondary N) is 2. The van der Waals surface area contributed by atoms with Crippen LogP contribution in [0.2, 0.25) is 5.02 Å². The Hall–Kier alpha value is -1.13. The number of anilines is 1. The van der Waals surface area contributed by atoms with Gasteiger partial charge in [-0.15, -0.1) is 0 Å². The van der Waals surface area contributed by atoms with Crippen LogP contribution in [-0.2, 0) is 4.79 Å². The van der Waals surface area contributed by atoms with E-state index in [1.165, 1.54) is 6.42 Å². The van der Waals surface area contributed by atoms with Crippen molar-refractivity contribution in [3.63, 3.8) is 0 Å². The molecule has 0 atom stereocenters. The van der Waals surface area contributed by atoms with Crippen LogP contribution in [0.4, 0.5) is 5.69 Å². The fraction of sp³-hybridized carbons (Fsp3) is 0.467. The number of hydrogen-bond donors (Lipinski definition) is 2. The summed E-state index contributed by atoms with van der Waals surface area (Å²) in [6.45, 7) is 1.94. The standard InChI is InChI=1S/C15H19ClN2OS/c1-10-7-8-12(9-13(10)16)17-15(20)18-14(19)11-5-3-2-4-6-11/h7-9,11H,2-6H2,1H3,(H2,17,18,19,20). The Kier molecular flexibility index (Phi) is 5.38. The van der Waals surface area contributed by atoms with E-state index >= 15 is 0 Å². The molecule has 0 bridgehead atoms. The normalized spacial score (nSPS) is 15.7. The van der Waals surface area contributed by atoms with Crippen LogP contribution in [0.5, 0.6) is 0 Å². The molecule has 0 aromatic heterocycles. The predicted molar refractivity (Wildman–Crippen MR) is 87.1 cm³/mol. The lowest BCUT2D eigenvalue weighted by molar-refractivity contribution is -0.124. The van der Waals surface area contributed by atoms with Crippen molar-refractivity contribution in [1.82, 2.24) is 5.32 Å². The Balaban J connectivity index is 1.88. The average Bonchev–Trinajstić information content (AvgIpc) is 2.44. The van der Waals surface area contributed by atoms with Crippen LogP contribution >= 0.6 is 23.8 Å².